The lowest BCUT2D eigenvalue weighted by Crippen LogP contribution is -2.49. The maximum Gasteiger partial charge on any atom is 0.408 e. The van der Waals surface area contributed by atoms with Crippen LogP contribution in [0.5, 0.6) is 0 Å². The van der Waals surface area contributed by atoms with E-state index in [1.54, 1.807) is 75.4 Å². The van der Waals surface area contributed by atoms with E-state index in [1.807, 2.05) is 0 Å². The second-order valence-electron chi connectivity index (χ2n) is 15.8. The number of primary amides is 1. The van der Waals surface area contributed by atoms with Crippen LogP contribution in [0, 0.1) is 23.2 Å². The minimum Gasteiger partial charge on any atom is -0.444 e. The highest BCUT2D eigenvalue weighted by Gasteiger charge is 2.75. The summed E-state index contributed by atoms with van der Waals surface area (Å²) in [4.78, 5) is 73.9. The number of ketones is 1. The topological polar surface area (TPSA) is 157 Å². The Kier molecular flexibility index (Phi) is 9.86. The van der Waals surface area contributed by atoms with Crippen molar-refractivity contribution < 1.29 is 59.8 Å². The molecule has 4 aliphatic rings. The molecule has 1 spiro atoms. The van der Waals surface area contributed by atoms with Crippen LogP contribution in [0.25, 0.3) is 0 Å². The van der Waals surface area contributed by atoms with Crippen LogP contribution >= 0.6 is 0 Å². The Balaban J connectivity index is 1.37. The van der Waals surface area contributed by atoms with E-state index in [0.717, 1.165) is 4.90 Å². The smallest absolute Gasteiger partial charge is 0.408 e. The second-order valence-corrected chi connectivity index (χ2v) is 15.8. The van der Waals surface area contributed by atoms with Crippen molar-refractivity contribution in [3.8, 4) is 0 Å². The number of alkyl halides is 6. The summed E-state index contributed by atoms with van der Waals surface area (Å²) in [7, 11) is 0. The van der Waals surface area contributed by atoms with Crippen LogP contribution in [-0.4, -0.2) is 71.1 Å². The van der Waals surface area contributed by atoms with Gasteiger partial charge in [0.2, 0.25) is 5.91 Å². The molecule has 3 saturated carbocycles. The lowest BCUT2D eigenvalue weighted by Gasteiger charge is -2.28. The zero-order chi connectivity index (χ0) is 40.4. The van der Waals surface area contributed by atoms with Gasteiger partial charge in [0.1, 0.15) is 16.9 Å². The minimum absolute atomic E-state index is 0.207. The number of rotatable bonds is 12. The van der Waals surface area contributed by atoms with E-state index >= 15 is 0 Å². The fraction of sp³-hybridized carbons (Fsp3) is 0.526. The standard InChI is InChI=1S/C38H40F6N4O7/c1-33(2,3)55-32(53)47-34(15-16-34)31(52)54-20-48-26-12-8-7-11-23(26)27(21-9-5-4-6-10-21)46-36(30(48)51)19-25(36)28(49)35(17-22(35)18-38(42,43)44)24(29(45)50)13-14-37(39,40)41/h4-12,22,24-25H,13-20H2,1-3H3,(H2,45,50)(H,47,53)/t22?,24-,25?,35?,36?/m1/s1. The number of hydrogen-bond donors (Lipinski definition) is 2. The molecule has 0 aromatic heterocycles. The van der Waals surface area contributed by atoms with E-state index in [4.69, 9.17) is 20.2 Å². The van der Waals surface area contributed by atoms with Gasteiger partial charge in [-0.25, -0.2) is 9.59 Å². The van der Waals surface area contributed by atoms with E-state index in [0.29, 0.717) is 11.1 Å². The molecule has 2 aromatic carbocycles. The predicted octanol–water partition coefficient (Wildman–Crippen LogP) is 6.16. The number of amides is 3. The molecule has 296 valence electrons. The molecule has 3 fully saturated rings. The molecule has 11 nitrogen and oxygen atoms in total. The molecule has 3 aliphatic carbocycles. The number of Topliss-reactive ketones (excluding diaryl/α,β-unsaturated/α-hetero) is 1. The highest BCUT2D eigenvalue weighted by atomic mass is 19.4. The number of benzene rings is 2. The van der Waals surface area contributed by atoms with Crippen molar-refractivity contribution in [2.24, 2.45) is 33.9 Å². The van der Waals surface area contributed by atoms with Crippen molar-refractivity contribution in [1.29, 1.82) is 0 Å². The van der Waals surface area contributed by atoms with Crippen LogP contribution in [0.15, 0.2) is 59.6 Å². The summed E-state index contributed by atoms with van der Waals surface area (Å²) < 4.78 is 92.2. The Bertz CT molecular complexity index is 1920. The van der Waals surface area contributed by atoms with E-state index < -0.39 is 114 Å². The van der Waals surface area contributed by atoms with Gasteiger partial charge in [-0.2, -0.15) is 26.3 Å². The first-order chi connectivity index (χ1) is 25.5. The summed E-state index contributed by atoms with van der Waals surface area (Å²) in [6, 6.07) is 14.9. The van der Waals surface area contributed by atoms with Gasteiger partial charge >= 0.3 is 24.4 Å². The van der Waals surface area contributed by atoms with Crippen molar-refractivity contribution in [2.45, 2.75) is 94.7 Å². The number of anilines is 1. The van der Waals surface area contributed by atoms with Crippen LogP contribution in [-0.2, 0) is 28.7 Å². The molecular weight excluding hydrogens is 738 g/mol. The molecule has 0 radical (unpaired) electrons. The van der Waals surface area contributed by atoms with E-state index in [2.05, 4.69) is 5.32 Å². The lowest BCUT2D eigenvalue weighted by molar-refractivity contribution is -0.153. The Morgan fingerprint density at radius 1 is 0.945 bits per heavy atom. The van der Waals surface area contributed by atoms with Gasteiger partial charge in [0.05, 0.1) is 23.2 Å². The van der Waals surface area contributed by atoms with Crippen LogP contribution in [0.4, 0.5) is 36.8 Å². The third-order valence-corrected chi connectivity index (χ3v) is 10.6. The Hall–Kier alpha value is -4.96. The first-order valence-electron chi connectivity index (χ1n) is 17.7. The summed E-state index contributed by atoms with van der Waals surface area (Å²) in [5, 5.41) is 2.52. The fourth-order valence-corrected chi connectivity index (χ4v) is 7.76. The number of ether oxygens (including phenoxy) is 2. The van der Waals surface area contributed by atoms with Gasteiger partial charge in [0.15, 0.2) is 12.3 Å². The first-order valence-corrected chi connectivity index (χ1v) is 17.7. The number of nitrogens with two attached hydrogens (primary N) is 1. The van der Waals surface area contributed by atoms with Gasteiger partial charge in [-0.05, 0) is 64.9 Å². The number of halogens is 6. The van der Waals surface area contributed by atoms with Gasteiger partial charge in [-0.15, -0.1) is 0 Å². The predicted molar refractivity (Wildman–Crippen MR) is 183 cm³/mol. The highest BCUT2D eigenvalue weighted by molar-refractivity contribution is 6.23. The molecule has 0 bridgehead atoms. The number of alkyl carbamates (subject to hydrolysis) is 1. The van der Waals surface area contributed by atoms with E-state index in [-0.39, 0.29) is 30.7 Å². The van der Waals surface area contributed by atoms with Crippen LogP contribution in [0.1, 0.15) is 76.8 Å². The number of nitrogens with zero attached hydrogens (tertiary/aromatic N) is 2. The number of hydrogen-bond acceptors (Lipinski definition) is 8. The normalized spacial score (nSPS) is 25.9. The average molecular weight is 779 g/mol. The number of carbonyl (C=O) groups is 5. The molecule has 3 N–H and O–H groups in total. The summed E-state index contributed by atoms with van der Waals surface area (Å²) in [6.45, 7) is 4.19. The van der Waals surface area contributed by atoms with Crippen molar-refractivity contribution in [1.82, 2.24) is 5.32 Å². The Morgan fingerprint density at radius 2 is 1.58 bits per heavy atom. The average Bonchev–Trinajstić information content (AvgIpc) is 4.00. The highest BCUT2D eigenvalue weighted by Crippen LogP contribution is 2.68. The summed E-state index contributed by atoms with van der Waals surface area (Å²) in [5.74, 6) is -9.01. The Labute approximate surface area is 312 Å². The van der Waals surface area contributed by atoms with Crippen molar-refractivity contribution in [3.05, 3.63) is 65.7 Å². The molecule has 1 heterocycles. The monoisotopic (exact) mass is 778 g/mol. The third-order valence-electron chi connectivity index (χ3n) is 10.6. The number of fused-ring (bicyclic) bond motifs is 1. The fourth-order valence-electron chi connectivity index (χ4n) is 7.76. The molecule has 1 aliphatic heterocycles. The SMILES string of the molecule is CC(C)(C)OC(=O)NC1(C(=O)OCN2C(=O)C3(CC3C(=O)C3([C@H](CCC(F)(F)F)C(N)=O)CC3CC(F)(F)F)N=C(c3ccccc3)c3ccccc32)CC1. The van der Waals surface area contributed by atoms with Gasteiger partial charge in [-0.1, -0.05) is 48.5 Å². The summed E-state index contributed by atoms with van der Waals surface area (Å²) >= 11 is 0. The van der Waals surface area contributed by atoms with E-state index in [1.165, 1.54) is 0 Å². The minimum atomic E-state index is -4.82. The van der Waals surface area contributed by atoms with Gasteiger partial charge in [-0.3, -0.25) is 24.3 Å². The van der Waals surface area contributed by atoms with Gasteiger partial charge in [0.25, 0.3) is 5.91 Å². The summed E-state index contributed by atoms with van der Waals surface area (Å²) in [5.41, 5.74) is 0.312. The number of carbonyl (C=O) groups excluding carboxylic acids is 5. The molecular formula is C38H40F6N4O7. The first kappa shape index (κ1) is 39.7. The Morgan fingerprint density at radius 3 is 2.16 bits per heavy atom. The molecule has 6 rings (SSSR count). The number of esters is 1. The molecule has 55 heavy (non-hydrogen) atoms. The number of aliphatic imine (C=N–C) groups is 1. The van der Waals surface area contributed by atoms with E-state index in [9.17, 15) is 50.3 Å². The van der Waals surface area contributed by atoms with Crippen molar-refractivity contribution in [2.75, 3.05) is 11.6 Å². The molecule has 0 saturated heterocycles. The van der Waals surface area contributed by atoms with Crippen LogP contribution in [0.3, 0.4) is 0 Å². The number of nitrogens with one attached hydrogen (secondary N) is 1. The largest absolute Gasteiger partial charge is 0.444 e. The van der Waals surface area contributed by atoms with Crippen LogP contribution < -0.4 is 16.0 Å². The van der Waals surface area contributed by atoms with Crippen LogP contribution in [0.2, 0.25) is 0 Å². The quantitative estimate of drug-likeness (QED) is 0.193. The van der Waals surface area contributed by atoms with Crippen molar-refractivity contribution in [3.63, 3.8) is 0 Å². The zero-order valence-electron chi connectivity index (χ0n) is 30.2. The molecule has 3 amide bonds. The molecule has 2 aromatic rings. The third kappa shape index (κ3) is 8.06. The molecule has 5 atom stereocenters. The van der Waals surface area contributed by atoms with Gasteiger partial charge < -0.3 is 20.5 Å². The molecule has 4 unspecified atom stereocenters. The molecule has 17 heteroatoms. The summed E-state index contributed by atoms with van der Waals surface area (Å²) in [6.07, 6.45) is -15.1. The maximum atomic E-state index is 14.8. The zero-order valence-corrected chi connectivity index (χ0v) is 30.2. The lowest BCUT2D eigenvalue weighted by atomic mass is 9.76. The second kappa shape index (κ2) is 13.7. The maximum absolute atomic E-state index is 14.8. The van der Waals surface area contributed by atoms with Crippen molar-refractivity contribution >= 4 is 41.1 Å². The van der Waals surface area contributed by atoms with Gasteiger partial charge in [0, 0.05) is 29.4 Å². The number of para-hydroxylation sites is 1.